The summed E-state index contributed by atoms with van der Waals surface area (Å²) in [5.74, 6) is 0.0366. The van der Waals surface area contributed by atoms with Gasteiger partial charge in [-0.2, -0.15) is 5.10 Å². The van der Waals surface area contributed by atoms with Gasteiger partial charge in [0.25, 0.3) is 5.91 Å². The molecular weight excluding hydrogens is 358 g/mol. The molecule has 2 aromatic rings. The van der Waals surface area contributed by atoms with Crippen LogP contribution in [0.1, 0.15) is 42.2 Å². The van der Waals surface area contributed by atoms with Crippen LogP contribution in [0.25, 0.3) is 0 Å². The van der Waals surface area contributed by atoms with Crippen molar-refractivity contribution in [3.05, 3.63) is 58.3 Å². The van der Waals surface area contributed by atoms with Gasteiger partial charge in [0.15, 0.2) is 0 Å². The second kappa shape index (κ2) is 7.64. The number of hydrogen-bond acceptors (Lipinski definition) is 4. The molecule has 0 unspecified atom stereocenters. The van der Waals surface area contributed by atoms with Gasteiger partial charge in [0.2, 0.25) is 5.91 Å². The van der Waals surface area contributed by atoms with E-state index in [9.17, 15) is 9.59 Å². The first-order chi connectivity index (χ1) is 13.1. The third kappa shape index (κ3) is 3.67. The van der Waals surface area contributed by atoms with Crippen molar-refractivity contribution in [1.82, 2.24) is 9.91 Å². The molecule has 1 fully saturated rings. The number of carbonyl (C=O) groups excluding carboxylic acids is 2. The Balaban J connectivity index is 1.54. The van der Waals surface area contributed by atoms with Gasteiger partial charge in [-0.1, -0.05) is 42.8 Å². The van der Waals surface area contributed by atoms with Gasteiger partial charge in [-0.15, -0.1) is 11.3 Å². The summed E-state index contributed by atoms with van der Waals surface area (Å²) in [6, 6.07) is 13.9. The molecule has 6 heteroatoms. The summed E-state index contributed by atoms with van der Waals surface area (Å²) in [6.45, 7) is 0.0693. The van der Waals surface area contributed by atoms with Crippen LogP contribution in [0.4, 0.5) is 0 Å². The second-order valence-electron chi connectivity index (χ2n) is 7.22. The first kappa shape index (κ1) is 17.9. The Hall–Kier alpha value is -2.47. The topological polar surface area (TPSA) is 53.0 Å². The van der Waals surface area contributed by atoms with Crippen LogP contribution in [0.15, 0.2) is 52.9 Å². The van der Waals surface area contributed by atoms with Gasteiger partial charge >= 0.3 is 0 Å². The molecule has 1 atom stereocenters. The Morgan fingerprint density at radius 3 is 2.59 bits per heavy atom. The van der Waals surface area contributed by atoms with Crippen molar-refractivity contribution >= 4 is 28.9 Å². The number of carbonyl (C=O) groups is 2. The molecule has 0 bridgehead atoms. The maximum atomic E-state index is 13.0. The quantitative estimate of drug-likeness (QED) is 0.793. The van der Waals surface area contributed by atoms with Crippen molar-refractivity contribution in [2.24, 2.45) is 11.0 Å². The molecule has 1 aliphatic heterocycles. The summed E-state index contributed by atoms with van der Waals surface area (Å²) >= 11 is 1.63. The first-order valence-corrected chi connectivity index (χ1v) is 10.2. The summed E-state index contributed by atoms with van der Waals surface area (Å²) < 4.78 is 0. The molecule has 1 aromatic carbocycles. The minimum atomic E-state index is -0.134. The highest BCUT2D eigenvalue weighted by Crippen LogP contribution is 2.34. The minimum Gasteiger partial charge on any atom is -0.336 e. The van der Waals surface area contributed by atoms with Crippen LogP contribution in [0.5, 0.6) is 0 Å². The molecule has 1 saturated carbocycles. The number of rotatable bonds is 5. The van der Waals surface area contributed by atoms with Crippen molar-refractivity contribution in [2.45, 2.75) is 31.7 Å². The Morgan fingerprint density at radius 1 is 1.19 bits per heavy atom. The molecule has 2 amide bonds. The average molecular weight is 382 g/mol. The van der Waals surface area contributed by atoms with Crippen LogP contribution in [-0.2, 0) is 9.59 Å². The zero-order valence-corrected chi connectivity index (χ0v) is 16.2. The summed E-state index contributed by atoms with van der Waals surface area (Å²) in [5, 5.41) is 8.25. The Morgan fingerprint density at radius 2 is 1.96 bits per heavy atom. The molecule has 140 valence electrons. The summed E-state index contributed by atoms with van der Waals surface area (Å²) in [5.41, 5.74) is 1.99. The molecule has 0 radical (unpaired) electrons. The second-order valence-corrected chi connectivity index (χ2v) is 8.16. The molecule has 0 spiro atoms. The van der Waals surface area contributed by atoms with E-state index in [1.165, 1.54) is 0 Å². The molecule has 0 saturated heterocycles. The largest absolute Gasteiger partial charge is 0.336 e. The van der Waals surface area contributed by atoms with E-state index in [0.29, 0.717) is 6.42 Å². The molecule has 0 N–H and O–H groups in total. The zero-order chi connectivity index (χ0) is 18.8. The first-order valence-electron chi connectivity index (χ1n) is 9.37. The summed E-state index contributed by atoms with van der Waals surface area (Å²) in [6.07, 6.45) is 3.67. The van der Waals surface area contributed by atoms with Crippen molar-refractivity contribution in [3.63, 3.8) is 0 Å². The number of hydrazone groups is 1. The van der Waals surface area contributed by atoms with E-state index in [1.807, 2.05) is 47.8 Å². The standard InChI is InChI=1S/C21H23N3O2S/c1-23(21(26)16-9-5-10-16)14-20(25)24-18(15-7-3-2-4-8-15)13-17(22-24)19-11-6-12-27-19/h2-4,6-8,11-12,16,18H,5,9-10,13-14H2,1H3/t18-/m0/s1. The Bertz CT molecular complexity index is 844. The van der Waals surface area contributed by atoms with Gasteiger partial charge in [0, 0.05) is 19.4 Å². The van der Waals surface area contributed by atoms with Crippen LogP contribution < -0.4 is 0 Å². The lowest BCUT2D eigenvalue weighted by atomic mass is 9.84. The Kier molecular flexibility index (Phi) is 5.07. The minimum absolute atomic E-state index is 0.0693. The third-order valence-corrected chi connectivity index (χ3v) is 6.28. The van der Waals surface area contributed by atoms with Crippen LogP contribution in [-0.4, -0.2) is 41.0 Å². The molecule has 27 heavy (non-hydrogen) atoms. The monoisotopic (exact) mass is 381 g/mol. The van der Waals surface area contributed by atoms with Gasteiger partial charge in [0.1, 0.15) is 6.54 Å². The Labute approximate surface area is 163 Å². The predicted molar refractivity (Wildman–Crippen MR) is 106 cm³/mol. The fourth-order valence-electron chi connectivity index (χ4n) is 3.59. The molecule has 2 aliphatic rings. The van der Waals surface area contributed by atoms with E-state index < -0.39 is 0 Å². The highest BCUT2D eigenvalue weighted by molar-refractivity contribution is 7.12. The number of likely N-dealkylation sites (N-methyl/N-ethyl adjacent to an activating group) is 1. The van der Waals surface area contributed by atoms with Gasteiger partial charge in [0.05, 0.1) is 16.6 Å². The molecule has 1 aromatic heterocycles. The van der Waals surface area contributed by atoms with E-state index in [-0.39, 0.29) is 30.3 Å². The van der Waals surface area contributed by atoms with Crippen LogP contribution in [0, 0.1) is 5.92 Å². The van der Waals surface area contributed by atoms with Crippen molar-refractivity contribution < 1.29 is 9.59 Å². The fraction of sp³-hybridized carbons (Fsp3) is 0.381. The highest BCUT2D eigenvalue weighted by atomic mass is 32.1. The van der Waals surface area contributed by atoms with Gasteiger partial charge in [-0.25, -0.2) is 5.01 Å². The van der Waals surface area contributed by atoms with Crippen LogP contribution in [0.2, 0.25) is 0 Å². The number of thiophene rings is 1. The fourth-order valence-corrected chi connectivity index (χ4v) is 4.31. The van der Waals surface area contributed by atoms with Gasteiger partial charge in [-0.05, 0) is 29.9 Å². The summed E-state index contributed by atoms with van der Waals surface area (Å²) in [7, 11) is 1.72. The highest BCUT2D eigenvalue weighted by Gasteiger charge is 2.35. The average Bonchev–Trinajstić information content (AvgIpc) is 3.30. The van der Waals surface area contributed by atoms with E-state index in [0.717, 1.165) is 35.4 Å². The van der Waals surface area contributed by atoms with Crippen LogP contribution >= 0.6 is 11.3 Å². The SMILES string of the molecule is CN(CC(=O)N1N=C(c2cccs2)C[C@H]1c1ccccc1)C(=O)C1CCC1. The summed E-state index contributed by atoms with van der Waals surface area (Å²) in [4.78, 5) is 28.1. The van der Waals surface area contributed by atoms with Crippen LogP contribution in [0.3, 0.4) is 0 Å². The smallest absolute Gasteiger partial charge is 0.262 e. The molecule has 2 heterocycles. The number of nitrogens with zero attached hydrogens (tertiary/aromatic N) is 3. The normalized spacial score (nSPS) is 19.5. The number of hydrogen-bond donors (Lipinski definition) is 0. The van der Waals surface area contributed by atoms with E-state index in [2.05, 4.69) is 5.10 Å². The maximum Gasteiger partial charge on any atom is 0.262 e. The number of benzene rings is 1. The van der Waals surface area contributed by atoms with E-state index >= 15 is 0 Å². The molecular formula is C21H23N3O2S. The molecule has 5 nitrogen and oxygen atoms in total. The van der Waals surface area contributed by atoms with Gasteiger partial charge < -0.3 is 4.90 Å². The molecule has 4 rings (SSSR count). The predicted octanol–water partition coefficient (Wildman–Crippen LogP) is 3.68. The lowest BCUT2D eigenvalue weighted by Crippen LogP contribution is -2.42. The van der Waals surface area contributed by atoms with E-state index in [4.69, 9.17) is 0 Å². The third-order valence-electron chi connectivity index (χ3n) is 5.36. The lowest BCUT2D eigenvalue weighted by molar-refractivity contribution is -0.144. The zero-order valence-electron chi connectivity index (χ0n) is 15.4. The van der Waals surface area contributed by atoms with Gasteiger partial charge in [-0.3, -0.25) is 9.59 Å². The maximum absolute atomic E-state index is 13.0. The van der Waals surface area contributed by atoms with Crippen molar-refractivity contribution in [2.75, 3.05) is 13.6 Å². The van der Waals surface area contributed by atoms with Crippen molar-refractivity contribution in [3.8, 4) is 0 Å². The van der Waals surface area contributed by atoms with Crippen molar-refractivity contribution in [1.29, 1.82) is 0 Å². The van der Waals surface area contributed by atoms with E-state index in [1.54, 1.807) is 28.3 Å². The number of amides is 2. The lowest BCUT2D eigenvalue weighted by Gasteiger charge is -2.30. The molecule has 1 aliphatic carbocycles.